The van der Waals surface area contributed by atoms with Gasteiger partial charge in [0.2, 0.25) is 0 Å². The lowest BCUT2D eigenvalue weighted by molar-refractivity contribution is -0.385. The number of nitrogens with one attached hydrogen (secondary N) is 1. The van der Waals surface area contributed by atoms with Crippen LogP contribution in [0.3, 0.4) is 0 Å². The van der Waals surface area contributed by atoms with Crippen LogP contribution in [0.4, 0.5) is 11.4 Å². The molecular weight excluding hydrogens is 472 g/mol. The zero-order valence-corrected chi connectivity index (χ0v) is 19.8. The number of hydrogen-bond acceptors (Lipinski definition) is 9. The van der Waals surface area contributed by atoms with E-state index in [9.17, 15) is 19.7 Å². The second-order valence-corrected chi connectivity index (χ2v) is 7.67. The molecule has 0 saturated heterocycles. The van der Waals surface area contributed by atoms with Crippen LogP contribution in [0.5, 0.6) is 17.2 Å². The number of carbonyl (C=O) groups is 2. The normalized spacial score (nSPS) is 11.7. The largest absolute Gasteiger partial charge is 0.495 e. The van der Waals surface area contributed by atoms with E-state index in [4.69, 9.17) is 23.4 Å². The molecule has 3 aromatic carbocycles. The number of ether oxygens (including phenoxy) is 4. The number of para-hydroxylation sites is 1. The lowest BCUT2D eigenvalue weighted by Crippen LogP contribution is -2.30. The maximum atomic E-state index is 12.8. The smallest absolute Gasteiger partial charge is 0.346 e. The van der Waals surface area contributed by atoms with Crippen LogP contribution in [0.25, 0.3) is 21.9 Å². The molecule has 1 aromatic heterocycles. The average Bonchev–Trinajstić information content (AvgIpc) is 3.24. The van der Waals surface area contributed by atoms with Crippen LogP contribution in [0.2, 0.25) is 0 Å². The lowest BCUT2D eigenvalue weighted by Gasteiger charge is -2.16. The number of rotatable bonds is 8. The van der Waals surface area contributed by atoms with Gasteiger partial charge in [-0.25, -0.2) is 4.79 Å². The number of furan rings is 1. The van der Waals surface area contributed by atoms with E-state index in [1.54, 1.807) is 12.1 Å². The average molecular weight is 494 g/mol. The Labute approximate surface area is 204 Å². The quantitative estimate of drug-likeness (QED) is 0.210. The Morgan fingerprint density at radius 3 is 2.25 bits per heavy atom. The molecule has 0 spiro atoms. The van der Waals surface area contributed by atoms with E-state index >= 15 is 0 Å². The highest BCUT2D eigenvalue weighted by Gasteiger charge is 2.29. The minimum absolute atomic E-state index is 0.0691. The van der Waals surface area contributed by atoms with Gasteiger partial charge < -0.3 is 28.7 Å². The van der Waals surface area contributed by atoms with Crippen molar-refractivity contribution in [1.82, 2.24) is 0 Å². The first-order valence-electron chi connectivity index (χ1n) is 10.7. The Balaban J connectivity index is 1.58. The number of nitro groups is 1. The summed E-state index contributed by atoms with van der Waals surface area (Å²) in [5, 5.41) is 15.8. The van der Waals surface area contributed by atoms with Crippen molar-refractivity contribution in [2.75, 3.05) is 26.6 Å². The first kappa shape index (κ1) is 24.3. The molecule has 186 valence electrons. The molecule has 0 aliphatic carbocycles. The van der Waals surface area contributed by atoms with Crippen molar-refractivity contribution in [1.29, 1.82) is 0 Å². The highest BCUT2D eigenvalue weighted by atomic mass is 16.6. The van der Waals surface area contributed by atoms with Gasteiger partial charge >= 0.3 is 5.97 Å². The Morgan fingerprint density at radius 1 is 0.917 bits per heavy atom. The van der Waals surface area contributed by atoms with Crippen molar-refractivity contribution in [3.05, 3.63) is 64.2 Å². The van der Waals surface area contributed by atoms with E-state index in [1.807, 2.05) is 24.3 Å². The van der Waals surface area contributed by atoms with E-state index < -0.39 is 34.2 Å². The number of esters is 1. The highest BCUT2D eigenvalue weighted by Crippen LogP contribution is 2.37. The number of fused-ring (bicyclic) bond motifs is 3. The van der Waals surface area contributed by atoms with Crippen molar-refractivity contribution in [3.8, 4) is 17.2 Å². The second-order valence-electron chi connectivity index (χ2n) is 7.67. The second kappa shape index (κ2) is 9.82. The van der Waals surface area contributed by atoms with Crippen molar-refractivity contribution in [3.63, 3.8) is 0 Å². The molecule has 11 nitrogen and oxygen atoms in total. The van der Waals surface area contributed by atoms with Gasteiger partial charge in [-0.1, -0.05) is 18.2 Å². The molecular formula is C25H22N2O9. The molecule has 0 bridgehead atoms. The predicted octanol–water partition coefficient (Wildman–Crippen LogP) is 4.70. The van der Waals surface area contributed by atoms with Crippen LogP contribution in [0.15, 0.2) is 52.9 Å². The van der Waals surface area contributed by atoms with Gasteiger partial charge in [0.1, 0.15) is 22.5 Å². The number of nitrogens with zero attached hydrogens (tertiary/aromatic N) is 1. The SMILES string of the molecule is COc1cc2c(cc1NC(=O)C(C)OC(=O)c1cc(OC)c(OC)cc1[N+](=O)[O-])oc1ccccc12. The van der Waals surface area contributed by atoms with E-state index in [-0.39, 0.29) is 11.5 Å². The van der Waals surface area contributed by atoms with Crippen LogP contribution in [-0.2, 0) is 9.53 Å². The molecule has 1 amide bonds. The third kappa shape index (κ3) is 4.45. The van der Waals surface area contributed by atoms with Crippen LogP contribution >= 0.6 is 0 Å². The van der Waals surface area contributed by atoms with Gasteiger partial charge in [0, 0.05) is 22.9 Å². The molecule has 4 rings (SSSR count). The van der Waals surface area contributed by atoms with E-state index in [0.717, 1.165) is 22.9 Å². The predicted molar refractivity (Wildman–Crippen MR) is 130 cm³/mol. The molecule has 0 fully saturated rings. The summed E-state index contributed by atoms with van der Waals surface area (Å²) in [4.78, 5) is 36.3. The molecule has 4 aromatic rings. The number of amides is 1. The fourth-order valence-electron chi connectivity index (χ4n) is 3.71. The van der Waals surface area contributed by atoms with Crippen molar-refractivity contribution >= 4 is 45.2 Å². The topological polar surface area (TPSA) is 139 Å². The number of carbonyl (C=O) groups excluding carboxylic acids is 2. The number of hydrogen-bond donors (Lipinski definition) is 1. The molecule has 1 atom stereocenters. The summed E-state index contributed by atoms with van der Waals surface area (Å²) in [6.07, 6.45) is -1.30. The molecule has 36 heavy (non-hydrogen) atoms. The number of benzene rings is 3. The summed E-state index contributed by atoms with van der Waals surface area (Å²) in [6, 6.07) is 13.0. The van der Waals surface area contributed by atoms with E-state index in [2.05, 4.69) is 5.32 Å². The van der Waals surface area contributed by atoms with Gasteiger partial charge in [-0.3, -0.25) is 14.9 Å². The summed E-state index contributed by atoms with van der Waals surface area (Å²) in [5.74, 6) is -1.22. The highest BCUT2D eigenvalue weighted by molar-refractivity contribution is 6.08. The van der Waals surface area contributed by atoms with Crippen LogP contribution < -0.4 is 19.5 Å². The van der Waals surface area contributed by atoms with Crippen molar-refractivity contribution in [2.24, 2.45) is 0 Å². The summed E-state index contributed by atoms with van der Waals surface area (Å²) in [5.41, 5.74) is 0.560. The maximum Gasteiger partial charge on any atom is 0.346 e. The molecule has 1 unspecified atom stereocenters. The van der Waals surface area contributed by atoms with Gasteiger partial charge in [-0.15, -0.1) is 0 Å². The van der Waals surface area contributed by atoms with E-state index in [0.29, 0.717) is 22.6 Å². The monoisotopic (exact) mass is 494 g/mol. The third-order valence-corrected chi connectivity index (χ3v) is 5.53. The van der Waals surface area contributed by atoms with Crippen LogP contribution in [0.1, 0.15) is 17.3 Å². The molecule has 0 aliphatic heterocycles. The summed E-state index contributed by atoms with van der Waals surface area (Å²) in [7, 11) is 4.09. The Morgan fingerprint density at radius 2 is 1.58 bits per heavy atom. The molecule has 1 N–H and O–H groups in total. The van der Waals surface area contributed by atoms with Crippen molar-refractivity contribution in [2.45, 2.75) is 13.0 Å². The lowest BCUT2D eigenvalue weighted by atomic mass is 10.1. The standard InChI is InChI=1S/C25H22N2O9/c1-13(35-25(29)16-10-22(33-3)23(34-4)12-18(16)27(30)31)24(28)26-17-11-20-15(9-21(17)32-2)14-7-5-6-8-19(14)36-20/h5-13H,1-4H3,(H,26,28). The van der Waals surface area contributed by atoms with Crippen LogP contribution in [-0.4, -0.2) is 44.2 Å². The zero-order chi connectivity index (χ0) is 26.0. The molecule has 0 radical (unpaired) electrons. The molecule has 11 heteroatoms. The molecule has 0 saturated carbocycles. The fraction of sp³-hybridized carbons (Fsp3) is 0.200. The Bertz CT molecular complexity index is 1490. The van der Waals surface area contributed by atoms with Crippen LogP contribution in [0, 0.1) is 10.1 Å². The molecule has 1 heterocycles. The van der Waals surface area contributed by atoms with E-state index in [1.165, 1.54) is 28.3 Å². The Hall–Kier alpha value is -4.80. The first-order chi connectivity index (χ1) is 17.3. The summed E-state index contributed by atoms with van der Waals surface area (Å²) < 4.78 is 26.7. The van der Waals surface area contributed by atoms with Gasteiger partial charge in [-0.2, -0.15) is 0 Å². The first-order valence-corrected chi connectivity index (χ1v) is 10.7. The zero-order valence-electron chi connectivity index (χ0n) is 19.8. The maximum absolute atomic E-state index is 12.8. The number of nitro benzene ring substituents is 1. The summed E-state index contributed by atoms with van der Waals surface area (Å²) >= 11 is 0. The van der Waals surface area contributed by atoms with Gasteiger partial charge in [0.15, 0.2) is 17.6 Å². The fourth-order valence-corrected chi connectivity index (χ4v) is 3.71. The van der Waals surface area contributed by atoms with Gasteiger partial charge in [0.05, 0.1) is 38.0 Å². The number of anilines is 1. The van der Waals surface area contributed by atoms with Gasteiger partial charge in [-0.05, 0) is 19.1 Å². The Kier molecular flexibility index (Phi) is 6.64. The summed E-state index contributed by atoms with van der Waals surface area (Å²) in [6.45, 7) is 1.34. The third-order valence-electron chi connectivity index (χ3n) is 5.53. The number of methoxy groups -OCH3 is 3. The molecule has 0 aliphatic rings. The van der Waals surface area contributed by atoms with Gasteiger partial charge in [0.25, 0.3) is 11.6 Å². The minimum atomic E-state index is -1.30. The van der Waals surface area contributed by atoms with Crippen molar-refractivity contribution < 1.29 is 37.9 Å². The minimum Gasteiger partial charge on any atom is -0.495 e.